The molecule has 0 saturated carbocycles. The number of rotatable bonds is 8. The number of piperazine rings is 1. The maximum atomic E-state index is 14.9. The van der Waals surface area contributed by atoms with E-state index >= 15 is 0 Å². The van der Waals surface area contributed by atoms with E-state index in [0.29, 0.717) is 41.0 Å². The van der Waals surface area contributed by atoms with E-state index in [1.165, 1.54) is 12.1 Å². The summed E-state index contributed by atoms with van der Waals surface area (Å²) < 4.78 is 20.7. The van der Waals surface area contributed by atoms with E-state index in [-0.39, 0.29) is 24.7 Å². The van der Waals surface area contributed by atoms with Crippen molar-refractivity contribution in [1.29, 1.82) is 0 Å². The number of H-pyrrole nitrogens is 1. The molecule has 1 fully saturated rings. The quantitative estimate of drug-likeness (QED) is 0.337. The molecule has 4 heterocycles. The molecular weight excluding hydrogens is 475 g/mol. The second-order valence-corrected chi connectivity index (χ2v) is 9.10. The van der Waals surface area contributed by atoms with Gasteiger partial charge in [0.15, 0.2) is 11.6 Å². The molecular formula is C27H29FN6O3. The Morgan fingerprint density at radius 2 is 1.95 bits per heavy atom. The molecule has 0 radical (unpaired) electrons. The van der Waals surface area contributed by atoms with Gasteiger partial charge >= 0.3 is 0 Å². The molecule has 4 aromatic rings. The Labute approximate surface area is 213 Å². The number of halogens is 1. The number of carbonyl (C=O) groups is 1. The van der Waals surface area contributed by atoms with Crippen LogP contribution in [0.4, 0.5) is 4.39 Å². The van der Waals surface area contributed by atoms with Crippen molar-refractivity contribution in [2.45, 2.75) is 25.6 Å². The van der Waals surface area contributed by atoms with Gasteiger partial charge in [-0.25, -0.2) is 9.37 Å². The summed E-state index contributed by atoms with van der Waals surface area (Å²) in [6, 6.07) is 11.3. The highest BCUT2D eigenvalue weighted by Gasteiger charge is 2.26. The van der Waals surface area contributed by atoms with Crippen LogP contribution >= 0.6 is 0 Å². The number of carbonyl (C=O) groups excluding carboxylic acids is 1. The first-order valence-corrected chi connectivity index (χ1v) is 12.2. The van der Waals surface area contributed by atoms with Gasteiger partial charge in [-0.1, -0.05) is 12.1 Å². The molecule has 1 aliphatic rings. The lowest BCUT2D eigenvalue weighted by Crippen LogP contribution is -2.53. The zero-order chi connectivity index (χ0) is 25.8. The Morgan fingerprint density at radius 1 is 1.11 bits per heavy atom. The lowest BCUT2D eigenvalue weighted by molar-refractivity contribution is -0.134. The maximum Gasteiger partial charge on any atom is 0.239 e. The lowest BCUT2D eigenvalue weighted by Gasteiger charge is -2.35. The zero-order valence-corrected chi connectivity index (χ0v) is 20.3. The molecule has 1 aliphatic heterocycles. The van der Waals surface area contributed by atoms with Gasteiger partial charge < -0.3 is 25.5 Å². The predicted octanol–water partition coefficient (Wildman–Crippen LogP) is 2.60. The Hall–Kier alpha value is -3.86. The van der Waals surface area contributed by atoms with Gasteiger partial charge in [-0.05, 0) is 42.3 Å². The summed E-state index contributed by atoms with van der Waals surface area (Å²) in [5.74, 6) is -0.283. The normalized spacial score (nSPS) is 15.2. The van der Waals surface area contributed by atoms with Crippen LogP contribution in [0.5, 0.6) is 11.5 Å². The monoisotopic (exact) mass is 504 g/mol. The predicted molar refractivity (Wildman–Crippen MR) is 136 cm³/mol. The van der Waals surface area contributed by atoms with Crippen LogP contribution in [0.25, 0.3) is 11.0 Å². The molecule has 4 N–H and O–H groups in total. The van der Waals surface area contributed by atoms with Crippen molar-refractivity contribution in [3.63, 3.8) is 0 Å². The van der Waals surface area contributed by atoms with Gasteiger partial charge in [-0.2, -0.15) is 0 Å². The van der Waals surface area contributed by atoms with E-state index < -0.39 is 11.9 Å². The minimum atomic E-state index is -0.764. The Bertz CT molecular complexity index is 1370. The number of hydrogen-bond acceptors (Lipinski definition) is 7. The summed E-state index contributed by atoms with van der Waals surface area (Å²) in [6.07, 6.45) is 5.19. The number of fused-ring (bicyclic) bond motifs is 1. The Morgan fingerprint density at radius 3 is 2.68 bits per heavy atom. The van der Waals surface area contributed by atoms with Gasteiger partial charge in [0, 0.05) is 56.9 Å². The first kappa shape index (κ1) is 24.8. The van der Waals surface area contributed by atoms with E-state index in [1.54, 1.807) is 35.6 Å². The minimum Gasteiger partial charge on any atom is -0.453 e. The van der Waals surface area contributed by atoms with Crippen LogP contribution in [0.2, 0.25) is 0 Å². The molecule has 37 heavy (non-hydrogen) atoms. The van der Waals surface area contributed by atoms with E-state index in [9.17, 15) is 14.3 Å². The van der Waals surface area contributed by atoms with Gasteiger partial charge in [-0.15, -0.1) is 0 Å². The number of nitrogens with one attached hydrogen (secondary N) is 1. The number of ether oxygens (including phenoxy) is 1. The fourth-order valence-electron chi connectivity index (χ4n) is 4.60. The Kier molecular flexibility index (Phi) is 7.40. The molecule has 1 atom stereocenters. The topological polar surface area (TPSA) is 121 Å². The highest BCUT2D eigenvalue weighted by atomic mass is 19.1. The van der Waals surface area contributed by atoms with Crippen LogP contribution in [0.1, 0.15) is 16.8 Å². The van der Waals surface area contributed by atoms with Gasteiger partial charge in [0.2, 0.25) is 5.91 Å². The highest BCUT2D eigenvalue weighted by Crippen LogP contribution is 2.32. The second-order valence-electron chi connectivity index (χ2n) is 9.10. The van der Waals surface area contributed by atoms with Crippen LogP contribution in [0.3, 0.4) is 0 Å². The van der Waals surface area contributed by atoms with E-state index in [2.05, 4.69) is 19.9 Å². The molecule has 1 unspecified atom stereocenters. The van der Waals surface area contributed by atoms with Crippen molar-refractivity contribution in [3.05, 3.63) is 83.7 Å². The SMILES string of the molecule is NC(Cc1ccc(Oc2ccnc3[nH]cc(CO)c23)c(F)c1)C(=O)N1CCN(Cc2ccccn2)CC1. The van der Waals surface area contributed by atoms with Crippen molar-refractivity contribution in [2.75, 3.05) is 26.2 Å². The Balaban J connectivity index is 1.18. The largest absolute Gasteiger partial charge is 0.453 e. The molecule has 1 aromatic carbocycles. The zero-order valence-electron chi connectivity index (χ0n) is 20.3. The number of aliphatic hydroxyl groups is 1. The molecule has 10 heteroatoms. The number of pyridine rings is 2. The van der Waals surface area contributed by atoms with Crippen LogP contribution in [0, 0.1) is 5.82 Å². The number of aromatic amines is 1. The molecule has 192 valence electrons. The van der Waals surface area contributed by atoms with Crippen molar-refractivity contribution in [1.82, 2.24) is 24.8 Å². The molecule has 3 aromatic heterocycles. The summed E-state index contributed by atoms with van der Waals surface area (Å²) in [4.78, 5) is 28.5. The molecule has 1 saturated heterocycles. The number of nitrogens with two attached hydrogens (primary N) is 1. The van der Waals surface area contributed by atoms with Gasteiger partial charge in [-0.3, -0.25) is 14.7 Å². The lowest BCUT2D eigenvalue weighted by atomic mass is 10.0. The average Bonchev–Trinajstić information content (AvgIpc) is 3.35. The third-order valence-corrected chi connectivity index (χ3v) is 6.57. The highest BCUT2D eigenvalue weighted by molar-refractivity contribution is 5.86. The summed E-state index contributed by atoms with van der Waals surface area (Å²) in [6.45, 7) is 3.23. The summed E-state index contributed by atoms with van der Waals surface area (Å²) in [5, 5.41) is 10.2. The average molecular weight is 505 g/mol. The smallest absolute Gasteiger partial charge is 0.239 e. The van der Waals surface area contributed by atoms with Crippen LogP contribution in [-0.2, 0) is 24.4 Å². The molecule has 0 aliphatic carbocycles. The van der Waals surface area contributed by atoms with Crippen LogP contribution < -0.4 is 10.5 Å². The van der Waals surface area contributed by atoms with Crippen molar-refractivity contribution < 1.29 is 19.0 Å². The molecule has 5 rings (SSSR count). The third kappa shape index (κ3) is 5.61. The van der Waals surface area contributed by atoms with Crippen molar-refractivity contribution >= 4 is 16.9 Å². The van der Waals surface area contributed by atoms with Gasteiger partial charge in [0.1, 0.15) is 11.4 Å². The summed E-state index contributed by atoms with van der Waals surface area (Å²) in [5.41, 5.74) is 8.99. The van der Waals surface area contributed by atoms with Crippen molar-refractivity contribution in [2.24, 2.45) is 5.73 Å². The van der Waals surface area contributed by atoms with E-state index in [1.807, 2.05) is 18.2 Å². The molecule has 9 nitrogen and oxygen atoms in total. The van der Waals surface area contributed by atoms with Crippen molar-refractivity contribution in [3.8, 4) is 11.5 Å². The van der Waals surface area contributed by atoms with Crippen LogP contribution in [0.15, 0.2) is 61.1 Å². The number of amides is 1. The second kappa shape index (κ2) is 11.0. The number of aliphatic hydroxyl groups excluding tert-OH is 1. The third-order valence-electron chi connectivity index (χ3n) is 6.57. The van der Waals surface area contributed by atoms with E-state index in [4.69, 9.17) is 10.5 Å². The number of nitrogens with zero attached hydrogens (tertiary/aromatic N) is 4. The first-order chi connectivity index (χ1) is 18.0. The first-order valence-electron chi connectivity index (χ1n) is 12.2. The molecule has 1 amide bonds. The number of benzene rings is 1. The number of hydrogen-bond donors (Lipinski definition) is 3. The van der Waals surface area contributed by atoms with Crippen LogP contribution in [-0.4, -0.2) is 68.0 Å². The summed E-state index contributed by atoms with van der Waals surface area (Å²) in [7, 11) is 0. The van der Waals surface area contributed by atoms with Gasteiger partial charge in [0.05, 0.1) is 23.7 Å². The minimum absolute atomic E-state index is 0.0327. The van der Waals surface area contributed by atoms with Gasteiger partial charge in [0.25, 0.3) is 0 Å². The standard InChI is InChI=1S/C27H29FN6O3/c28-21-13-18(4-5-23(21)37-24-6-8-31-26-25(24)19(17-35)15-32-26)14-22(29)27(36)34-11-9-33(10-12-34)16-20-3-1-2-7-30-20/h1-8,13,15,22,35H,9-12,14,16-17,29H2,(H,31,32). The maximum absolute atomic E-state index is 14.9. The van der Waals surface area contributed by atoms with E-state index in [0.717, 1.165) is 25.3 Å². The fourth-order valence-corrected chi connectivity index (χ4v) is 4.60. The fraction of sp³-hybridized carbons (Fsp3) is 0.296. The number of aromatic nitrogens is 3. The summed E-state index contributed by atoms with van der Waals surface area (Å²) >= 11 is 0. The molecule has 0 spiro atoms. The molecule has 0 bridgehead atoms.